The number of piperidine rings is 1. The van der Waals surface area contributed by atoms with Crippen LogP contribution in [0.15, 0.2) is 34.4 Å². The van der Waals surface area contributed by atoms with E-state index in [-0.39, 0.29) is 28.6 Å². The molecule has 132 valence electrons. The summed E-state index contributed by atoms with van der Waals surface area (Å²) in [4.78, 5) is 34.6. The molecule has 1 N–H and O–H groups in total. The van der Waals surface area contributed by atoms with Gasteiger partial charge in [-0.2, -0.15) is 0 Å². The number of thioether (sulfide) groups is 1. The molecular formula is C16H17ClN4O3S. The highest BCUT2D eigenvalue weighted by atomic mass is 35.5. The highest BCUT2D eigenvalue weighted by molar-refractivity contribution is 7.98. The van der Waals surface area contributed by atoms with Crippen molar-refractivity contribution in [2.24, 2.45) is 0 Å². The number of carbonyl (C=O) groups is 2. The summed E-state index contributed by atoms with van der Waals surface area (Å²) in [7, 11) is 0. The molecule has 1 saturated heterocycles. The number of rotatable bonds is 4. The summed E-state index contributed by atoms with van der Waals surface area (Å²) in [6, 6.07) is 1.63. The van der Waals surface area contributed by atoms with Crippen LogP contribution < -0.4 is 5.32 Å². The molecule has 3 heterocycles. The lowest BCUT2D eigenvalue weighted by atomic mass is 10.0. The van der Waals surface area contributed by atoms with Gasteiger partial charge in [0.05, 0.1) is 23.0 Å². The van der Waals surface area contributed by atoms with Gasteiger partial charge in [-0.3, -0.25) is 9.59 Å². The van der Waals surface area contributed by atoms with Crippen LogP contribution in [0.1, 0.15) is 33.7 Å². The number of nitrogens with zero attached hydrogens (tertiary/aromatic N) is 3. The van der Waals surface area contributed by atoms with E-state index in [1.165, 1.54) is 30.5 Å². The minimum Gasteiger partial charge on any atom is -0.472 e. The van der Waals surface area contributed by atoms with E-state index in [0.717, 1.165) is 0 Å². The zero-order valence-corrected chi connectivity index (χ0v) is 15.1. The molecule has 25 heavy (non-hydrogen) atoms. The first kappa shape index (κ1) is 17.8. The molecule has 0 radical (unpaired) electrons. The Hall–Kier alpha value is -2.06. The highest BCUT2D eigenvalue weighted by Crippen LogP contribution is 2.18. The predicted octanol–water partition coefficient (Wildman–Crippen LogP) is 2.48. The van der Waals surface area contributed by atoms with Gasteiger partial charge in [0.2, 0.25) is 0 Å². The predicted molar refractivity (Wildman–Crippen MR) is 93.9 cm³/mol. The molecule has 2 aromatic rings. The maximum Gasteiger partial charge on any atom is 0.271 e. The van der Waals surface area contributed by atoms with Crippen LogP contribution in [-0.4, -0.2) is 52.1 Å². The third kappa shape index (κ3) is 4.13. The topological polar surface area (TPSA) is 88.3 Å². The van der Waals surface area contributed by atoms with Gasteiger partial charge in [-0.15, -0.1) is 0 Å². The Morgan fingerprint density at radius 2 is 2.16 bits per heavy atom. The summed E-state index contributed by atoms with van der Waals surface area (Å²) < 4.78 is 4.95. The lowest BCUT2D eigenvalue weighted by molar-refractivity contribution is 0.0697. The van der Waals surface area contributed by atoms with Gasteiger partial charge < -0.3 is 14.6 Å². The lowest BCUT2D eigenvalue weighted by Gasteiger charge is -2.32. The maximum absolute atomic E-state index is 12.4. The molecule has 0 spiro atoms. The SMILES string of the molecule is CSc1ncc(Cl)c(C(=O)NC2CCN(C(=O)c3ccoc3)CC2)n1. The molecule has 0 aromatic carbocycles. The third-order valence-electron chi connectivity index (χ3n) is 4.01. The van der Waals surface area contributed by atoms with Crippen LogP contribution in [0.25, 0.3) is 0 Å². The van der Waals surface area contributed by atoms with Gasteiger partial charge in [-0.1, -0.05) is 23.4 Å². The molecule has 7 nitrogen and oxygen atoms in total. The minimum absolute atomic E-state index is 0.0235. The Labute approximate surface area is 154 Å². The van der Waals surface area contributed by atoms with E-state index in [2.05, 4.69) is 15.3 Å². The molecule has 3 rings (SSSR count). The third-order valence-corrected chi connectivity index (χ3v) is 4.84. The van der Waals surface area contributed by atoms with Crippen molar-refractivity contribution in [2.45, 2.75) is 24.0 Å². The van der Waals surface area contributed by atoms with Crippen LogP contribution in [0.3, 0.4) is 0 Å². The second-order valence-electron chi connectivity index (χ2n) is 5.61. The number of amides is 2. The number of hydrogen-bond acceptors (Lipinski definition) is 6. The summed E-state index contributed by atoms with van der Waals surface area (Å²) >= 11 is 7.38. The van der Waals surface area contributed by atoms with Crippen LogP contribution in [0, 0.1) is 0 Å². The minimum atomic E-state index is -0.317. The van der Waals surface area contributed by atoms with Crippen molar-refractivity contribution in [1.82, 2.24) is 20.2 Å². The summed E-state index contributed by atoms with van der Waals surface area (Å²) in [5.74, 6) is -0.371. The van der Waals surface area contributed by atoms with Crippen LogP contribution in [-0.2, 0) is 0 Å². The van der Waals surface area contributed by atoms with Gasteiger partial charge in [-0.25, -0.2) is 9.97 Å². The molecular weight excluding hydrogens is 364 g/mol. The number of carbonyl (C=O) groups excluding carboxylic acids is 2. The smallest absolute Gasteiger partial charge is 0.271 e. The number of likely N-dealkylation sites (tertiary alicyclic amines) is 1. The second kappa shape index (κ2) is 7.88. The summed E-state index contributed by atoms with van der Waals surface area (Å²) in [6.45, 7) is 1.14. The number of aromatic nitrogens is 2. The number of furan rings is 1. The van der Waals surface area contributed by atoms with Crippen LogP contribution in [0.5, 0.6) is 0 Å². The molecule has 0 saturated carbocycles. The van der Waals surface area contributed by atoms with E-state index in [0.29, 0.717) is 36.7 Å². The molecule has 0 unspecified atom stereocenters. The quantitative estimate of drug-likeness (QED) is 0.647. The molecule has 1 fully saturated rings. The second-order valence-corrected chi connectivity index (χ2v) is 6.79. The highest BCUT2D eigenvalue weighted by Gasteiger charge is 2.26. The van der Waals surface area contributed by atoms with Crippen LogP contribution >= 0.6 is 23.4 Å². The number of halogens is 1. The van der Waals surface area contributed by atoms with Crippen molar-refractivity contribution >= 4 is 35.2 Å². The number of hydrogen-bond donors (Lipinski definition) is 1. The fraction of sp³-hybridized carbons (Fsp3) is 0.375. The van der Waals surface area contributed by atoms with Gasteiger partial charge in [0.1, 0.15) is 6.26 Å². The van der Waals surface area contributed by atoms with Gasteiger partial charge in [0.25, 0.3) is 11.8 Å². The van der Waals surface area contributed by atoms with Crippen molar-refractivity contribution in [2.75, 3.05) is 19.3 Å². The average Bonchev–Trinajstić information content (AvgIpc) is 3.17. The van der Waals surface area contributed by atoms with Gasteiger partial charge in [0, 0.05) is 19.1 Å². The van der Waals surface area contributed by atoms with Crippen LogP contribution in [0.4, 0.5) is 0 Å². The fourth-order valence-electron chi connectivity index (χ4n) is 2.66. The van der Waals surface area contributed by atoms with Crippen molar-refractivity contribution in [3.63, 3.8) is 0 Å². The zero-order valence-electron chi connectivity index (χ0n) is 13.6. The molecule has 2 aromatic heterocycles. The van der Waals surface area contributed by atoms with Crippen molar-refractivity contribution < 1.29 is 14.0 Å². The molecule has 2 amide bonds. The molecule has 0 bridgehead atoms. The Kier molecular flexibility index (Phi) is 5.60. The Bertz CT molecular complexity index is 761. The maximum atomic E-state index is 12.4. The molecule has 1 aliphatic heterocycles. The van der Waals surface area contributed by atoms with Crippen molar-refractivity contribution in [1.29, 1.82) is 0 Å². The van der Waals surface area contributed by atoms with E-state index in [4.69, 9.17) is 16.0 Å². The van der Waals surface area contributed by atoms with E-state index in [9.17, 15) is 9.59 Å². The fourth-order valence-corrected chi connectivity index (χ4v) is 3.18. The van der Waals surface area contributed by atoms with Gasteiger partial charge >= 0.3 is 0 Å². The van der Waals surface area contributed by atoms with E-state index < -0.39 is 0 Å². The first-order chi connectivity index (χ1) is 12.1. The lowest BCUT2D eigenvalue weighted by Crippen LogP contribution is -2.46. The monoisotopic (exact) mass is 380 g/mol. The first-order valence-corrected chi connectivity index (χ1v) is 9.37. The summed E-state index contributed by atoms with van der Waals surface area (Å²) in [6.07, 6.45) is 7.53. The number of nitrogens with one attached hydrogen (secondary N) is 1. The van der Waals surface area contributed by atoms with E-state index in [1.54, 1.807) is 11.0 Å². The standard InChI is InChI=1S/C16H17ClN4O3S/c1-25-16-18-8-12(17)13(20-16)14(22)19-11-2-5-21(6-3-11)15(23)10-4-7-24-9-10/h4,7-9,11H,2-3,5-6H2,1H3,(H,19,22). The molecule has 1 aliphatic rings. The van der Waals surface area contributed by atoms with Crippen LogP contribution in [0.2, 0.25) is 5.02 Å². The molecule has 9 heteroatoms. The van der Waals surface area contributed by atoms with E-state index >= 15 is 0 Å². The summed E-state index contributed by atoms with van der Waals surface area (Å²) in [5, 5.41) is 3.66. The Morgan fingerprint density at radius 1 is 1.40 bits per heavy atom. The van der Waals surface area contributed by atoms with Gasteiger partial charge in [-0.05, 0) is 25.2 Å². The molecule has 0 aliphatic carbocycles. The normalized spacial score (nSPS) is 15.2. The Balaban J connectivity index is 1.57. The largest absolute Gasteiger partial charge is 0.472 e. The first-order valence-electron chi connectivity index (χ1n) is 7.77. The van der Waals surface area contributed by atoms with Gasteiger partial charge in [0.15, 0.2) is 10.9 Å². The van der Waals surface area contributed by atoms with E-state index in [1.807, 2.05) is 6.26 Å². The zero-order chi connectivity index (χ0) is 17.8. The average molecular weight is 381 g/mol. The Morgan fingerprint density at radius 3 is 2.80 bits per heavy atom. The van der Waals surface area contributed by atoms with Crippen molar-refractivity contribution in [3.05, 3.63) is 41.1 Å². The van der Waals surface area contributed by atoms with Crippen molar-refractivity contribution in [3.8, 4) is 0 Å². The summed E-state index contributed by atoms with van der Waals surface area (Å²) in [5.41, 5.74) is 0.720. The molecule has 0 atom stereocenters.